The zero-order chi connectivity index (χ0) is 17.1. The number of nitrogens with one attached hydrogen (secondary N) is 1. The van der Waals surface area contributed by atoms with E-state index in [4.69, 9.17) is 0 Å². The van der Waals surface area contributed by atoms with E-state index in [0.717, 1.165) is 22.5 Å². The lowest BCUT2D eigenvalue weighted by atomic mass is 10.1. The molecule has 1 aromatic carbocycles. The quantitative estimate of drug-likeness (QED) is 0.782. The second-order valence-corrected chi connectivity index (χ2v) is 5.94. The SMILES string of the molecule is Cc1ccccc1CNC(=O)CCc1c(C)nc2ncnn2c1C. The summed E-state index contributed by atoms with van der Waals surface area (Å²) in [6.45, 7) is 6.54. The molecule has 0 atom stereocenters. The lowest BCUT2D eigenvalue weighted by Crippen LogP contribution is -2.23. The van der Waals surface area contributed by atoms with Crippen LogP contribution in [0, 0.1) is 20.8 Å². The molecule has 2 aromatic heterocycles. The molecule has 3 aromatic rings. The highest BCUT2D eigenvalue weighted by atomic mass is 16.1. The minimum atomic E-state index is 0.0377. The van der Waals surface area contributed by atoms with Crippen molar-refractivity contribution in [2.45, 2.75) is 40.2 Å². The standard InChI is InChI=1S/C18H21N5O/c1-12-6-4-5-7-15(12)10-19-17(24)9-8-16-13(2)22-18-20-11-21-23(18)14(16)3/h4-7,11H,8-10H2,1-3H3,(H,19,24). The van der Waals surface area contributed by atoms with Gasteiger partial charge in [0.15, 0.2) is 0 Å². The fourth-order valence-corrected chi connectivity index (χ4v) is 2.85. The summed E-state index contributed by atoms with van der Waals surface area (Å²) in [6.07, 6.45) is 2.56. The minimum Gasteiger partial charge on any atom is -0.352 e. The van der Waals surface area contributed by atoms with Crippen molar-refractivity contribution in [3.05, 3.63) is 58.7 Å². The number of carbonyl (C=O) groups is 1. The third kappa shape index (κ3) is 3.27. The first-order chi connectivity index (χ1) is 11.6. The Morgan fingerprint density at radius 1 is 1.21 bits per heavy atom. The van der Waals surface area contributed by atoms with Crippen molar-refractivity contribution in [2.24, 2.45) is 0 Å². The van der Waals surface area contributed by atoms with Crippen LogP contribution in [0.3, 0.4) is 0 Å². The van der Waals surface area contributed by atoms with Crippen molar-refractivity contribution in [1.82, 2.24) is 24.9 Å². The molecule has 0 aliphatic heterocycles. The summed E-state index contributed by atoms with van der Waals surface area (Å²) < 4.78 is 1.72. The van der Waals surface area contributed by atoms with Crippen LogP contribution in [0.15, 0.2) is 30.6 Å². The molecule has 0 saturated heterocycles. The first-order valence-electron chi connectivity index (χ1n) is 8.03. The summed E-state index contributed by atoms with van der Waals surface area (Å²) in [4.78, 5) is 20.7. The van der Waals surface area contributed by atoms with E-state index in [2.05, 4.69) is 20.4 Å². The van der Waals surface area contributed by atoms with E-state index in [1.54, 1.807) is 4.52 Å². The van der Waals surface area contributed by atoms with Crippen LogP contribution in [-0.4, -0.2) is 25.5 Å². The second kappa shape index (κ2) is 6.78. The predicted octanol–water partition coefficient (Wildman–Crippen LogP) is 2.30. The van der Waals surface area contributed by atoms with E-state index >= 15 is 0 Å². The van der Waals surface area contributed by atoms with Crippen molar-refractivity contribution in [3.63, 3.8) is 0 Å². The third-order valence-electron chi connectivity index (χ3n) is 4.33. The summed E-state index contributed by atoms with van der Waals surface area (Å²) in [5, 5.41) is 7.16. The number of amides is 1. The van der Waals surface area contributed by atoms with Crippen LogP contribution < -0.4 is 5.32 Å². The summed E-state index contributed by atoms with van der Waals surface area (Å²) in [5.41, 5.74) is 5.27. The molecule has 0 unspecified atom stereocenters. The number of rotatable bonds is 5. The minimum absolute atomic E-state index is 0.0377. The van der Waals surface area contributed by atoms with Gasteiger partial charge in [0, 0.05) is 24.4 Å². The van der Waals surface area contributed by atoms with Crippen molar-refractivity contribution in [2.75, 3.05) is 0 Å². The molecule has 0 radical (unpaired) electrons. The Hall–Kier alpha value is -2.76. The predicted molar refractivity (Wildman–Crippen MR) is 91.6 cm³/mol. The van der Waals surface area contributed by atoms with Crippen LogP contribution >= 0.6 is 0 Å². The van der Waals surface area contributed by atoms with Crippen molar-refractivity contribution >= 4 is 11.7 Å². The molecule has 2 heterocycles. The van der Waals surface area contributed by atoms with Gasteiger partial charge in [-0.1, -0.05) is 24.3 Å². The molecule has 0 bridgehead atoms. The molecule has 1 N–H and O–H groups in total. The third-order valence-corrected chi connectivity index (χ3v) is 4.33. The lowest BCUT2D eigenvalue weighted by Gasteiger charge is -2.11. The van der Waals surface area contributed by atoms with Gasteiger partial charge in [-0.05, 0) is 43.9 Å². The zero-order valence-electron chi connectivity index (χ0n) is 14.2. The van der Waals surface area contributed by atoms with Crippen LogP contribution in [0.2, 0.25) is 0 Å². The number of benzene rings is 1. The Morgan fingerprint density at radius 3 is 2.79 bits per heavy atom. The second-order valence-electron chi connectivity index (χ2n) is 5.94. The van der Waals surface area contributed by atoms with Gasteiger partial charge in [0.05, 0.1) is 0 Å². The summed E-state index contributed by atoms with van der Waals surface area (Å²) >= 11 is 0. The molecule has 24 heavy (non-hydrogen) atoms. The first kappa shape index (κ1) is 16.1. The summed E-state index contributed by atoms with van der Waals surface area (Å²) in [5.74, 6) is 0.633. The van der Waals surface area contributed by atoms with Gasteiger partial charge in [0.25, 0.3) is 5.78 Å². The Balaban J connectivity index is 1.63. The average Bonchev–Trinajstić information content (AvgIpc) is 3.02. The van der Waals surface area contributed by atoms with E-state index < -0.39 is 0 Å². The normalized spacial score (nSPS) is 11.0. The Bertz CT molecular complexity index is 884. The Morgan fingerprint density at radius 2 is 2.00 bits per heavy atom. The van der Waals surface area contributed by atoms with Crippen molar-refractivity contribution in [1.29, 1.82) is 0 Å². The van der Waals surface area contributed by atoms with Crippen LogP contribution in [0.5, 0.6) is 0 Å². The number of carbonyl (C=O) groups excluding carboxylic acids is 1. The monoisotopic (exact) mass is 323 g/mol. The number of aryl methyl sites for hydroxylation is 3. The lowest BCUT2D eigenvalue weighted by molar-refractivity contribution is -0.121. The number of hydrogen-bond acceptors (Lipinski definition) is 4. The van der Waals surface area contributed by atoms with E-state index in [1.807, 2.05) is 45.0 Å². The molecule has 6 heteroatoms. The fourth-order valence-electron chi connectivity index (χ4n) is 2.85. The van der Waals surface area contributed by atoms with Gasteiger partial charge >= 0.3 is 0 Å². The van der Waals surface area contributed by atoms with E-state index in [0.29, 0.717) is 25.2 Å². The summed E-state index contributed by atoms with van der Waals surface area (Å²) in [7, 11) is 0. The topological polar surface area (TPSA) is 72.2 Å². The maximum absolute atomic E-state index is 12.2. The van der Waals surface area contributed by atoms with Gasteiger partial charge in [0.2, 0.25) is 5.91 Å². The van der Waals surface area contributed by atoms with Crippen LogP contribution in [0.25, 0.3) is 5.78 Å². The number of nitrogens with zero attached hydrogens (tertiary/aromatic N) is 4. The molecule has 0 aliphatic rings. The van der Waals surface area contributed by atoms with E-state index in [-0.39, 0.29) is 5.91 Å². The van der Waals surface area contributed by atoms with Crippen molar-refractivity contribution < 1.29 is 4.79 Å². The van der Waals surface area contributed by atoms with E-state index in [1.165, 1.54) is 11.9 Å². The molecule has 3 rings (SSSR count). The van der Waals surface area contributed by atoms with Crippen molar-refractivity contribution in [3.8, 4) is 0 Å². The molecular formula is C18H21N5O. The number of hydrogen-bond donors (Lipinski definition) is 1. The smallest absolute Gasteiger partial charge is 0.252 e. The highest BCUT2D eigenvalue weighted by Crippen LogP contribution is 2.15. The Labute approximate surface area is 141 Å². The van der Waals surface area contributed by atoms with Gasteiger partial charge < -0.3 is 5.32 Å². The number of aromatic nitrogens is 4. The highest BCUT2D eigenvalue weighted by Gasteiger charge is 2.12. The first-order valence-corrected chi connectivity index (χ1v) is 8.03. The molecule has 0 fully saturated rings. The van der Waals surface area contributed by atoms with Gasteiger partial charge in [0.1, 0.15) is 6.33 Å². The molecule has 0 saturated carbocycles. The van der Waals surface area contributed by atoms with Crippen LogP contribution in [0.4, 0.5) is 0 Å². The molecular weight excluding hydrogens is 302 g/mol. The largest absolute Gasteiger partial charge is 0.352 e. The maximum atomic E-state index is 12.2. The zero-order valence-corrected chi connectivity index (χ0v) is 14.2. The fraction of sp³-hybridized carbons (Fsp3) is 0.333. The van der Waals surface area contributed by atoms with E-state index in [9.17, 15) is 4.79 Å². The van der Waals surface area contributed by atoms with Gasteiger partial charge in [-0.25, -0.2) is 9.50 Å². The highest BCUT2D eigenvalue weighted by molar-refractivity contribution is 5.76. The van der Waals surface area contributed by atoms with Gasteiger partial charge in [-0.3, -0.25) is 4.79 Å². The maximum Gasteiger partial charge on any atom is 0.252 e. The molecule has 6 nitrogen and oxygen atoms in total. The molecule has 1 amide bonds. The van der Waals surface area contributed by atoms with Crippen LogP contribution in [0.1, 0.15) is 34.5 Å². The molecule has 0 aliphatic carbocycles. The number of fused-ring (bicyclic) bond motifs is 1. The Kier molecular flexibility index (Phi) is 4.55. The average molecular weight is 323 g/mol. The molecule has 0 spiro atoms. The van der Waals surface area contributed by atoms with Crippen LogP contribution in [-0.2, 0) is 17.8 Å². The summed E-state index contributed by atoms with van der Waals surface area (Å²) in [6, 6.07) is 8.07. The van der Waals surface area contributed by atoms with Gasteiger partial charge in [-0.15, -0.1) is 0 Å². The molecule has 124 valence electrons. The van der Waals surface area contributed by atoms with Gasteiger partial charge in [-0.2, -0.15) is 10.1 Å².